The molecule has 1 N–H and O–H groups in total. The standard InChI is InChI=1S/C11H14N2O/c1-7-6-10(14-13-7)9-3-2-8-4-5-12-11(8)9/h3,6,8,11-12H,2,4-5H2,1H3/t8-,11+/m0/s1. The highest BCUT2D eigenvalue weighted by atomic mass is 16.5. The molecular formula is C11H14N2O. The van der Waals surface area contributed by atoms with Gasteiger partial charge in [-0.25, -0.2) is 0 Å². The van der Waals surface area contributed by atoms with Gasteiger partial charge in [0, 0.05) is 17.7 Å². The van der Waals surface area contributed by atoms with Gasteiger partial charge in [0.05, 0.1) is 5.69 Å². The number of aryl methyl sites for hydroxylation is 1. The molecule has 74 valence electrons. The summed E-state index contributed by atoms with van der Waals surface area (Å²) in [6.07, 6.45) is 4.77. The van der Waals surface area contributed by atoms with E-state index in [0.29, 0.717) is 6.04 Å². The third kappa shape index (κ3) is 1.12. The summed E-state index contributed by atoms with van der Waals surface area (Å²) in [6, 6.07) is 2.54. The van der Waals surface area contributed by atoms with Gasteiger partial charge >= 0.3 is 0 Å². The lowest BCUT2D eigenvalue weighted by Gasteiger charge is -2.11. The molecule has 1 aliphatic heterocycles. The minimum atomic E-state index is 0.516. The lowest BCUT2D eigenvalue weighted by Crippen LogP contribution is -2.24. The summed E-state index contributed by atoms with van der Waals surface area (Å²) in [4.78, 5) is 0. The molecule has 3 rings (SSSR count). The lowest BCUT2D eigenvalue weighted by atomic mass is 9.99. The van der Waals surface area contributed by atoms with Crippen molar-refractivity contribution in [1.82, 2.24) is 10.5 Å². The molecule has 1 saturated heterocycles. The van der Waals surface area contributed by atoms with Crippen LogP contribution >= 0.6 is 0 Å². The van der Waals surface area contributed by atoms with E-state index >= 15 is 0 Å². The zero-order valence-electron chi connectivity index (χ0n) is 8.29. The molecule has 2 aliphatic rings. The molecule has 0 bridgehead atoms. The quantitative estimate of drug-likeness (QED) is 0.733. The molecule has 1 aromatic rings. The van der Waals surface area contributed by atoms with E-state index < -0.39 is 0 Å². The summed E-state index contributed by atoms with van der Waals surface area (Å²) >= 11 is 0. The summed E-state index contributed by atoms with van der Waals surface area (Å²) in [5.41, 5.74) is 2.27. The average Bonchev–Trinajstić information content (AvgIpc) is 2.77. The monoisotopic (exact) mass is 190 g/mol. The molecule has 3 nitrogen and oxygen atoms in total. The van der Waals surface area contributed by atoms with Gasteiger partial charge in [-0.1, -0.05) is 11.2 Å². The highest BCUT2D eigenvalue weighted by Crippen LogP contribution is 2.37. The van der Waals surface area contributed by atoms with E-state index in [9.17, 15) is 0 Å². The Hall–Kier alpha value is -1.09. The summed E-state index contributed by atoms with van der Waals surface area (Å²) in [5.74, 6) is 1.74. The summed E-state index contributed by atoms with van der Waals surface area (Å²) in [5, 5.41) is 7.45. The Morgan fingerprint density at radius 1 is 1.57 bits per heavy atom. The molecule has 3 heteroatoms. The van der Waals surface area contributed by atoms with Gasteiger partial charge in [-0.15, -0.1) is 0 Å². The first-order valence-electron chi connectivity index (χ1n) is 5.22. The summed E-state index contributed by atoms with van der Waals surface area (Å²) in [7, 11) is 0. The van der Waals surface area contributed by atoms with Gasteiger partial charge < -0.3 is 9.84 Å². The van der Waals surface area contributed by atoms with E-state index in [1.165, 1.54) is 18.4 Å². The Balaban J connectivity index is 1.92. The maximum Gasteiger partial charge on any atom is 0.164 e. The molecule has 0 saturated carbocycles. The van der Waals surface area contributed by atoms with Crippen LogP contribution in [0.2, 0.25) is 0 Å². The smallest absolute Gasteiger partial charge is 0.164 e. The number of aromatic nitrogens is 1. The van der Waals surface area contributed by atoms with Gasteiger partial charge in [-0.3, -0.25) is 0 Å². The summed E-state index contributed by atoms with van der Waals surface area (Å²) < 4.78 is 5.30. The van der Waals surface area contributed by atoms with Crippen molar-refractivity contribution in [2.24, 2.45) is 5.92 Å². The van der Waals surface area contributed by atoms with E-state index in [2.05, 4.69) is 16.5 Å². The van der Waals surface area contributed by atoms with E-state index in [1.54, 1.807) is 0 Å². The van der Waals surface area contributed by atoms with E-state index in [-0.39, 0.29) is 0 Å². The Bertz CT molecular complexity index is 380. The van der Waals surface area contributed by atoms with Gasteiger partial charge in [-0.2, -0.15) is 0 Å². The predicted octanol–water partition coefficient (Wildman–Crippen LogP) is 1.75. The molecule has 0 amide bonds. The molecule has 0 unspecified atom stereocenters. The van der Waals surface area contributed by atoms with Gasteiger partial charge in [-0.05, 0) is 32.2 Å². The maximum atomic E-state index is 5.30. The second-order valence-electron chi connectivity index (χ2n) is 4.21. The Morgan fingerprint density at radius 2 is 2.50 bits per heavy atom. The summed E-state index contributed by atoms with van der Waals surface area (Å²) in [6.45, 7) is 3.10. The fraction of sp³-hybridized carbons (Fsp3) is 0.545. The van der Waals surface area contributed by atoms with Crippen molar-refractivity contribution in [2.45, 2.75) is 25.8 Å². The van der Waals surface area contributed by atoms with Crippen LogP contribution in [0.3, 0.4) is 0 Å². The van der Waals surface area contributed by atoms with Crippen molar-refractivity contribution in [2.75, 3.05) is 6.54 Å². The van der Waals surface area contributed by atoms with Gasteiger partial charge in [0.2, 0.25) is 0 Å². The van der Waals surface area contributed by atoms with Crippen LogP contribution in [0.4, 0.5) is 0 Å². The average molecular weight is 190 g/mol. The number of fused-ring (bicyclic) bond motifs is 1. The highest BCUT2D eigenvalue weighted by Gasteiger charge is 2.35. The van der Waals surface area contributed by atoms with Crippen LogP contribution in [0.25, 0.3) is 5.57 Å². The zero-order valence-corrected chi connectivity index (χ0v) is 8.29. The molecule has 2 heterocycles. The van der Waals surface area contributed by atoms with Crippen LogP contribution in [0.15, 0.2) is 16.7 Å². The Kier molecular flexibility index (Phi) is 1.74. The van der Waals surface area contributed by atoms with Crippen molar-refractivity contribution < 1.29 is 4.52 Å². The van der Waals surface area contributed by atoms with Gasteiger partial charge in [0.25, 0.3) is 0 Å². The normalized spacial score (nSPS) is 30.5. The molecule has 1 aliphatic carbocycles. The van der Waals surface area contributed by atoms with Crippen LogP contribution < -0.4 is 5.32 Å². The molecule has 1 aromatic heterocycles. The van der Waals surface area contributed by atoms with Crippen LogP contribution in [0, 0.1) is 12.8 Å². The van der Waals surface area contributed by atoms with E-state index in [0.717, 1.165) is 23.9 Å². The molecule has 0 radical (unpaired) electrons. The SMILES string of the molecule is Cc1cc(C2=CC[C@H]3CCN[C@@H]23)on1. The van der Waals surface area contributed by atoms with Crippen molar-refractivity contribution in [3.63, 3.8) is 0 Å². The van der Waals surface area contributed by atoms with Crippen LogP contribution in [-0.4, -0.2) is 17.7 Å². The van der Waals surface area contributed by atoms with Crippen molar-refractivity contribution in [3.05, 3.63) is 23.6 Å². The van der Waals surface area contributed by atoms with Gasteiger partial charge in [0.15, 0.2) is 5.76 Å². The molecule has 14 heavy (non-hydrogen) atoms. The number of hydrogen-bond acceptors (Lipinski definition) is 3. The third-order valence-corrected chi connectivity index (χ3v) is 3.24. The predicted molar refractivity (Wildman–Crippen MR) is 53.7 cm³/mol. The first kappa shape index (κ1) is 8.24. The van der Waals surface area contributed by atoms with E-state index in [1.807, 2.05) is 13.0 Å². The third-order valence-electron chi connectivity index (χ3n) is 3.24. The highest BCUT2D eigenvalue weighted by molar-refractivity contribution is 5.69. The minimum absolute atomic E-state index is 0.516. The fourth-order valence-corrected chi connectivity index (χ4v) is 2.53. The van der Waals surface area contributed by atoms with Crippen LogP contribution in [-0.2, 0) is 0 Å². The first-order chi connectivity index (χ1) is 6.84. The molecular weight excluding hydrogens is 176 g/mol. The van der Waals surface area contributed by atoms with Crippen LogP contribution in [0.5, 0.6) is 0 Å². The molecule has 2 atom stereocenters. The number of allylic oxidation sites excluding steroid dienone is 1. The number of nitrogens with zero attached hydrogens (tertiary/aromatic N) is 1. The van der Waals surface area contributed by atoms with Crippen molar-refractivity contribution in [1.29, 1.82) is 0 Å². The van der Waals surface area contributed by atoms with Gasteiger partial charge in [0.1, 0.15) is 0 Å². The number of nitrogens with one attached hydrogen (secondary N) is 1. The Morgan fingerprint density at radius 3 is 3.29 bits per heavy atom. The van der Waals surface area contributed by atoms with E-state index in [4.69, 9.17) is 4.52 Å². The topological polar surface area (TPSA) is 38.1 Å². The number of hydrogen-bond donors (Lipinski definition) is 1. The second kappa shape index (κ2) is 2.95. The number of rotatable bonds is 1. The minimum Gasteiger partial charge on any atom is -0.356 e. The first-order valence-corrected chi connectivity index (χ1v) is 5.22. The largest absolute Gasteiger partial charge is 0.356 e. The Labute approximate surface area is 83.2 Å². The van der Waals surface area contributed by atoms with Crippen molar-refractivity contribution >= 4 is 5.57 Å². The fourth-order valence-electron chi connectivity index (χ4n) is 2.53. The van der Waals surface area contributed by atoms with Crippen molar-refractivity contribution in [3.8, 4) is 0 Å². The lowest BCUT2D eigenvalue weighted by molar-refractivity contribution is 0.401. The maximum absolute atomic E-state index is 5.30. The second-order valence-corrected chi connectivity index (χ2v) is 4.21. The van der Waals surface area contributed by atoms with Crippen LogP contribution in [0.1, 0.15) is 24.3 Å². The molecule has 0 spiro atoms. The molecule has 1 fully saturated rings. The zero-order chi connectivity index (χ0) is 9.54. The molecule has 0 aromatic carbocycles.